The van der Waals surface area contributed by atoms with E-state index >= 15 is 0 Å². The highest BCUT2D eigenvalue weighted by atomic mass is 16.4. The molecular weight excluding hydrogens is 218 g/mol. The van der Waals surface area contributed by atoms with Crippen LogP contribution in [0.2, 0.25) is 0 Å². The number of carboxylic acids is 1. The van der Waals surface area contributed by atoms with Gasteiger partial charge >= 0.3 is 5.97 Å². The first-order valence-corrected chi connectivity index (χ1v) is 5.19. The first kappa shape index (κ1) is 11.3. The molecule has 0 saturated heterocycles. The SMILES string of the molecule is Cn1nc(C(=O)O)cc1-c1ccccc1CN. The number of nitrogens with zero attached hydrogens (tertiary/aromatic N) is 2. The van der Waals surface area contributed by atoms with Crippen molar-refractivity contribution in [2.75, 3.05) is 0 Å². The third-order valence-electron chi connectivity index (χ3n) is 2.61. The van der Waals surface area contributed by atoms with E-state index in [-0.39, 0.29) is 5.69 Å². The molecule has 0 aliphatic heterocycles. The predicted molar refractivity (Wildman–Crippen MR) is 63.5 cm³/mol. The minimum Gasteiger partial charge on any atom is -0.476 e. The van der Waals surface area contributed by atoms with Crippen molar-refractivity contribution in [1.29, 1.82) is 0 Å². The van der Waals surface area contributed by atoms with Gasteiger partial charge in [-0.1, -0.05) is 24.3 Å². The Bertz CT molecular complexity index is 561. The Kier molecular flexibility index (Phi) is 2.93. The van der Waals surface area contributed by atoms with Crippen LogP contribution in [-0.4, -0.2) is 20.9 Å². The molecule has 0 saturated carbocycles. The molecule has 0 aliphatic carbocycles. The molecule has 3 N–H and O–H groups in total. The standard InChI is InChI=1S/C12H13N3O2/c1-15-11(6-10(14-15)12(16)17)9-5-3-2-4-8(9)7-13/h2-6H,7,13H2,1H3,(H,16,17). The van der Waals surface area contributed by atoms with E-state index < -0.39 is 5.97 Å². The van der Waals surface area contributed by atoms with Crippen LogP contribution >= 0.6 is 0 Å². The van der Waals surface area contributed by atoms with Gasteiger partial charge in [0.15, 0.2) is 5.69 Å². The van der Waals surface area contributed by atoms with E-state index in [1.54, 1.807) is 17.8 Å². The van der Waals surface area contributed by atoms with Crippen LogP contribution in [0.15, 0.2) is 30.3 Å². The maximum absolute atomic E-state index is 10.9. The topological polar surface area (TPSA) is 81.1 Å². The fourth-order valence-electron chi connectivity index (χ4n) is 1.77. The average molecular weight is 231 g/mol. The molecule has 5 nitrogen and oxygen atoms in total. The van der Waals surface area contributed by atoms with Crippen LogP contribution in [0, 0.1) is 0 Å². The van der Waals surface area contributed by atoms with Crippen molar-refractivity contribution in [1.82, 2.24) is 9.78 Å². The van der Waals surface area contributed by atoms with Gasteiger partial charge in [0.25, 0.3) is 0 Å². The van der Waals surface area contributed by atoms with Gasteiger partial charge in [0, 0.05) is 19.2 Å². The van der Waals surface area contributed by atoms with Crippen LogP contribution in [0.1, 0.15) is 16.1 Å². The number of hydrogen-bond acceptors (Lipinski definition) is 3. The number of carboxylic acid groups (broad SMARTS) is 1. The lowest BCUT2D eigenvalue weighted by atomic mass is 10.0. The zero-order valence-electron chi connectivity index (χ0n) is 9.42. The van der Waals surface area contributed by atoms with Crippen LogP contribution in [0.4, 0.5) is 0 Å². The highest BCUT2D eigenvalue weighted by molar-refractivity contribution is 5.87. The molecule has 88 valence electrons. The molecule has 0 amide bonds. The summed E-state index contributed by atoms with van der Waals surface area (Å²) in [6, 6.07) is 9.17. The summed E-state index contributed by atoms with van der Waals surface area (Å²) in [5.41, 5.74) is 8.33. The normalized spacial score (nSPS) is 10.5. The van der Waals surface area contributed by atoms with Gasteiger partial charge in [-0.3, -0.25) is 4.68 Å². The Morgan fingerprint density at radius 2 is 2.18 bits per heavy atom. The molecule has 0 spiro atoms. The molecular formula is C12H13N3O2. The summed E-state index contributed by atoms with van der Waals surface area (Å²) in [6.07, 6.45) is 0. The number of aryl methyl sites for hydroxylation is 1. The van der Waals surface area contributed by atoms with Gasteiger partial charge in [-0.05, 0) is 11.6 Å². The number of carbonyl (C=O) groups is 1. The Hall–Kier alpha value is -2.14. The lowest BCUT2D eigenvalue weighted by Gasteiger charge is -2.07. The fourth-order valence-corrected chi connectivity index (χ4v) is 1.77. The van der Waals surface area contributed by atoms with Crippen LogP contribution in [0.25, 0.3) is 11.3 Å². The second-order valence-corrected chi connectivity index (χ2v) is 3.70. The summed E-state index contributed by atoms with van der Waals surface area (Å²) in [5.74, 6) is -1.03. The highest BCUT2D eigenvalue weighted by Crippen LogP contribution is 2.23. The Labute approximate surface area is 98.5 Å². The number of benzene rings is 1. The van der Waals surface area contributed by atoms with Gasteiger partial charge in [-0.15, -0.1) is 0 Å². The minimum atomic E-state index is -1.03. The number of hydrogen-bond donors (Lipinski definition) is 2. The Morgan fingerprint density at radius 3 is 2.76 bits per heavy atom. The maximum Gasteiger partial charge on any atom is 0.356 e. The molecule has 2 rings (SSSR count). The Morgan fingerprint density at radius 1 is 1.47 bits per heavy atom. The highest BCUT2D eigenvalue weighted by Gasteiger charge is 2.14. The predicted octanol–water partition coefficient (Wildman–Crippen LogP) is 1.24. The summed E-state index contributed by atoms with van der Waals surface area (Å²) < 4.78 is 1.55. The number of aromatic nitrogens is 2. The van der Waals surface area contributed by atoms with Crippen molar-refractivity contribution in [3.63, 3.8) is 0 Å². The summed E-state index contributed by atoms with van der Waals surface area (Å²) >= 11 is 0. The van der Waals surface area contributed by atoms with Crippen molar-refractivity contribution in [2.24, 2.45) is 12.8 Å². The molecule has 0 radical (unpaired) electrons. The summed E-state index contributed by atoms with van der Waals surface area (Å²) in [5, 5.41) is 12.8. The first-order valence-electron chi connectivity index (χ1n) is 5.19. The number of aromatic carboxylic acids is 1. The largest absolute Gasteiger partial charge is 0.476 e. The summed E-state index contributed by atoms with van der Waals surface area (Å²) in [4.78, 5) is 10.9. The van der Waals surface area contributed by atoms with Gasteiger partial charge in [0.05, 0.1) is 5.69 Å². The smallest absolute Gasteiger partial charge is 0.356 e. The third-order valence-corrected chi connectivity index (χ3v) is 2.61. The molecule has 5 heteroatoms. The maximum atomic E-state index is 10.9. The summed E-state index contributed by atoms with van der Waals surface area (Å²) in [6.45, 7) is 0.407. The molecule has 17 heavy (non-hydrogen) atoms. The second-order valence-electron chi connectivity index (χ2n) is 3.70. The minimum absolute atomic E-state index is 0.0364. The zero-order valence-corrected chi connectivity index (χ0v) is 9.42. The second kappa shape index (κ2) is 4.39. The van der Waals surface area contributed by atoms with E-state index in [0.29, 0.717) is 6.54 Å². The van der Waals surface area contributed by atoms with Gasteiger partial charge < -0.3 is 10.8 Å². The van der Waals surface area contributed by atoms with E-state index in [1.807, 2.05) is 24.3 Å². The molecule has 0 atom stereocenters. The monoisotopic (exact) mass is 231 g/mol. The first-order chi connectivity index (χ1) is 8.13. The van der Waals surface area contributed by atoms with E-state index in [9.17, 15) is 4.79 Å². The third kappa shape index (κ3) is 2.05. The summed E-state index contributed by atoms with van der Waals surface area (Å²) in [7, 11) is 1.72. The van der Waals surface area contributed by atoms with Gasteiger partial charge in [0.1, 0.15) is 0 Å². The van der Waals surface area contributed by atoms with Gasteiger partial charge in [-0.2, -0.15) is 5.10 Å². The van der Waals surface area contributed by atoms with Crippen molar-refractivity contribution in [2.45, 2.75) is 6.54 Å². The van der Waals surface area contributed by atoms with E-state index in [2.05, 4.69) is 5.10 Å². The quantitative estimate of drug-likeness (QED) is 0.832. The fraction of sp³-hybridized carbons (Fsp3) is 0.167. The van der Waals surface area contributed by atoms with Crippen LogP contribution in [0.5, 0.6) is 0 Å². The van der Waals surface area contributed by atoms with Crippen LogP contribution < -0.4 is 5.73 Å². The molecule has 1 aromatic heterocycles. The zero-order chi connectivity index (χ0) is 12.4. The van der Waals surface area contributed by atoms with Crippen molar-refractivity contribution < 1.29 is 9.90 Å². The molecule has 1 aromatic carbocycles. The van der Waals surface area contributed by atoms with E-state index in [0.717, 1.165) is 16.8 Å². The number of rotatable bonds is 3. The van der Waals surface area contributed by atoms with Gasteiger partial charge in [-0.25, -0.2) is 4.79 Å². The molecule has 1 heterocycles. The van der Waals surface area contributed by atoms with Gasteiger partial charge in [0.2, 0.25) is 0 Å². The molecule has 2 aromatic rings. The van der Waals surface area contributed by atoms with Crippen molar-refractivity contribution in [3.05, 3.63) is 41.6 Å². The van der Waals surface area contributed by atoms with Crippen LogP contribution in [0.3, 0.4) is 0 Å². The van der Waals surface area contributed by atoms with Crippen molar-refractivity contribution in [3.8, 4) is 11.3 Å². The molecule has 0 aliphatic rings. The lowest BCUT2D eigenvalue weighted by Crippen LogP contribution is -2.02. The molecule has 0 fully saturated rings. The van der Waals surface area contributed by atoms with E-state index in [1.165, 1.54) is 0 Å². The molecule has 0 unspecified atom stereocenters. The Balaban J connectivity index is 2.56. The number of nitrogens with two attached hydrogens (primary N) is 1. The lowest BCUT2D eigenvalue weighted by molar-refractivity contribution is 0.0689. The van der Waals surface area contributed by atoms with Crippen LogP contribution in [-0.2, 0) is 13.6 Å². The van der Waals surface area contributed by atoms with E-state index in [4.69, 9.17) is 10.8 Å². The van der Waals surface area contributed by atoms with Crippen molar-refractivity contribution >= 4 is 5.97 Å². The molecule has 0 bridgehead atoms. The average Bonchev–Trinajstić information content (AvgIpc) is 2.71.